The molecule has 2 aliphatic heterocycles. The summed E-state index contributed by atoms with van der Waals surface area (Å²) < 4.78 is 16.1. The molecule has 222 valence electrons. The molecule has 0 saturated carbocycles. The van der Waals surface area contributed by atoms with Gasteiger partial charge in [-0.2, -0.15) is 0 Å². The lowest BCUT2D eigenvalue weighted by atomic mass is 10.1. The first-order valence-corrected chi connectivity index (χ1v) is 13.9. The molecule has 0 aliphatic carbocycles. The second-order valence-electron chi connectivity index (χ2n) is 11.5. The van der Waals surface area contributed by atoms with Gasteiger partial charge in [-0.3, -0.25) is 0 Å². The normalized spacial score (nSPS) is 17.2. The standard InChI is InChI=1S/C28H39N7O6/c1-7-39-23(36)19-12-29-25(30-13-19)35-11-10-33(16-22(35)24(37)40-17-18(2)3)26-31-14-20-15-34(9-8-21(20)32-26)27(38)41-28(4,5)6/h12-14,18,22H,7-11,15-17H2,1-6H3/t22-/m1/s1. The molecule has 13 nitrogen and oxygen atoms in total. The van der Waals surface area contributed by atoms with E-state index in [9.17, 15) is 14.4 Å². The Bertz CT molecular complexity index is 1250. The first-order chi connectivity index (χ1) is 19.4. The number of ether oxygens (including phenoxy) is 3. The summed E-state index contributed by atoms with van der Waals surface area (Å²) in [6.07, 6.45) is 4.75. The summed E-state index contributed by atoms with van der Waals surface area (Å²) in [5.41, 5.74) is 1.41. The molecule has 0 unspecified atom stereocenters. The van der Waals surface area contributed by atoms with Crippen LogP contribution in [0.15, 0.2) is 18.6 Å². The van der Waals surface area contributed by atoms with Crippen molar-refractivity contribution in [2.45, 2.75) is 66.2 Å². The summed E-state index contributed by atoms with van der Waals surface area (Å²) in [5.74, 6) is 0.103. The molecule has 2 aliphatic rings. The van der Waals surface area contributed by atoms with E-state index in [2.05, 4.69) is 15.0 Å². The zero-order chi connectivity index (χ0) is 29.7. The summed E-state index contributed by atoms with van der Waals surface area (Å²) in [5, 5.41) is 0. The number of nitrogens with zero attached hydrogens (tertiary/aromatic N) is 7. The van der Waals surface area contributed by atoms with E-state index in [1.807, 2.05) is 39.5 Å². The Morgan fingerprint density at radius 1 is 1.00 bits per heavy atom. The first-order valence-electron chi connectivity index (χ1n) is 13.9. The Labute approximate surface area is 240 Å². The number of rotatable bonds is 7. The third-order valence-corrected chi connectivity index (χ3v) is 6.47. The van der Waals surface area contributed by atoms with Crippen molar-refractivity contribution in [3.05, 3.63) is 35.4 Å². The summed E-state index contributed by atoms with van der Waals surface area (Å²) in [6, 6.07) is -0.710. The molecule has 0 N–H and O–H groups in total. The molecule has 1 saturated heterocycles. The van der Waals surface area contributed by atoms with Crippen LogP contribution in [0.3, 0.4) is 0 Å². The molecule has 41 heavy (non-hydrogen) atoms. The van der Waals surface area contributed by atoms with Crippen molar-refractivity contribution in [1.29, 1.82) is 0 Å². The summed E-state index contributed by atoms with van der Waals surface area (Å²) in [7, 11) is 0. The minimum atomic E-state index is -0.710. The maximum absolute atomic E-state index is 13.2. The molecule has 0 spiro atoms. The van der Waals surface area contributed by atoms with Crippen molar-refractivity contribution in [3.63, 3.8) is 0 Å². The molecule has 2 aromatic heterocycles. The summed E-state index contributed by atoms with van der Waals surface area (Å²) in [6.45, 7) is 13.8. The highest BCUT2D eigenvalue weighted by molar-refractivity contribution is 5.88. The number of esters is 2. The quantitative estimate of drug-likeness (QED) is 0.358. The highest BCUT2D eigenvalue weighted by Gasteiger charge is 2.37. The van der Waals surface area contributed by atoms with Crippen molar-refractivity contribution >= 4 is 29.9 Å². The van der Waals surface area contributed by atoms with Crippen LogP contribution in [0.25, 0.3) is 0 Å². The average molecular weight is 570 g/mol. The van der Waals surface area contributed by atoms with Crippen LogP contribution in [0.2, 0.25) is 0 Å². The molecular formula is C28H39N7O6. The van der Waals surface area contributed by atoms with Gasteiger partial charge < -0.3 is 28.9 Å². The maximum atomic E-state index is 13.2. The average Bonchev–Trinajstić information content (AvgIpc) is 2.94. The fourth-order valence-corrected chi connectivity index (χ4v) is 4.48. The highest BCUT2D eigenvalue weighted by Crippen LogP contribution is 2.24. The van der Waals surface area contributed by atoms with Gasteiger partial charge >= 0.3 is 18.0 Å². The highest BCUT2D eigenvalue weighted by atomic mass is 16.6. The molecule has 2 aromatic rings. The number of fused-ring (bicyclic) bond motifs is 1. The van der Waals surface area contributed by atoms with Crippen LogP contribution in [0.4, 0.5) is 16.7 Å². The molecule has 1 atom stereocenters. The monoisotopic (exact) mass is 569 g/mol. The third kappa shape index (κ3) is 7.59. The second kappa shape index (κ2) is 12.6. The predicted octanol–water partition coefficient (Wildman–Crippen LogP) is 2.63. The van der Waals surface area contributed by atoms with E-state index >= 15 is 0 Å². The van der Waals surface area contributed by atoms with Crippen molar-refractivity contribution in [2.75, 3.05) is 49.2 Å². The van der Waals surface area contributed by atoms with E-state index < -0.39 is 23.6 Å². The lowest BCUT2D eigenvalue weighted by Crippen LogP contribution is -2.58. The second-order valence-corrected chi connectivity index (χ2v) is 11.5. The Morgan fingerprint density at radius 2 is 1.71 bits per heavy atom. The fraction of sp³-hybridized carbons (Fsp3) is 0.607. The van der Waals surface area contributed by atoms with Gasteiger partial charge in [0.25, 0.3) is 0 Å². The van der Waals surface area contributed by atoms with Gasteiger partial charge in [-0.25, -0.2) is 34.3 Å². The van der Waals surface area contributed by atoms with Gasteiger partial charge in [-0.05, 0) is 33.6 Å². The van der Waals surface area contributed by atoms with E-state index in [1.54, 1.807) is 22.9 Å². The maximum Gasteiger partial charge on any atom is 0.410 e. The van der Waals surface area contributed by atoms with Gasteiger partial charge in [-0.1, -0.05) is 13.8 Å². The summed E-state index contributed by atoms with van der Waals surface area (Å²) in [4.78, 5) is 61.3. The van der Waals surface area contributed by atoms with Gasteiger partial charge in [0.1, 0.15) is 11.6 Å². The van der Waals surface area contributed by atoms with Gasteiger partial charge in [0.05, 0.1) is 37.6 Å². The predicted molar refractivity (Wildman–Crippen MR) is 150 cm³/mol. The lowest BCUT2D eigenvalue weighted by molar-refractivity contribution is -0.146. The molecule has 4 heterocycles. The lowest BCUT2D eigenvalue weighted by Gasteiger charge is -2.40. The van der Waals surface area contributed by atoms with Crippen molar-refractivity contribution in [1.82, 2.24) is 24.8 Å². The Kier molecular flexibility index (Phi) is 9.24. The van der Waals surface area contributed by atoms with Crippen LogP contribution in [-0.4, -0.2) is 93.9 Å². The fourth-order valence-electron chi connectivity index (χ4n) is 4.48. The number of carbonyl (C=O) groups is 3. The largest absolute Gasteiger partial charge is 0.464 e. The smallest absolute Gasteiger partial charge is 0.410 e. The Morgan fingerprint density at radius 3 is 2.37 bits per heavy atom. The Balaban J connectivity index is 1.50. The minimum absolute atomic E-state index is 0.177. The minimum Gasteiger partial charge on any atom is -0.464 e. The van der Waals surface area contributed by atoms with Crippen LogP contribution in [-0.2, 0) is 32.0 Å². The third-order valence-electron chi connectivity index (χ3n) is 6.47. The zero-order valence-corrected chi connectivity index (χ0v) is 24.6. The molecule has 0 bridgehead atoms. The number of aromatic nitrogens is 4. The van der Waals surface area contributed by atoms with Crippen molar-refractivity contribution < 1.29 is 28.6 Å². The van der Waals surface area contributed by atoms with E-state index in [1.165, 1.54) is 12.4 Å². The number of carbonyl (C=O) groups excluding carboxylic acids is 3. The SMILES string of the molecule is CCOC(=O)c1cnc(N2CCN(c3ncc4c(n3)CCN(C(=O)OC(C)(C)C)C4)C[C@@H]2C(=O)OCC(C)C)nc1. The van der Waals surface area contributed by atoms with E-state index in [0.717, 1.165) is 11.3 Å². The molecule has 1 fully saturated rings. The molecule has 1 amide bonds. The summed E-state index contributed by atoms with van der Waals surface area (Å²) >= 11 is 0. The van der Waals surface area contributed by atoms with Crippen LogP contribution >= 0.6 is 0 Å². The number of amides is 1. The van der Waals surface area contributed by atoms with Crippen LogP contribution in [0.1, 0.15) is 63.2 Å². The van der Waals surface area contributed by atoms with E-state index in [4.69, 9.17) is 19.2 Å². The van der Waals surface area contributed by atoms with Gasteiger partial charge in [-0.15, -0.1) is 0 Å². The van der Waals surface area contributed by atoms with Crippen molar-refractivity contribution in [2.24, 2.45) is 5.92 Å². The molecule has 13 heteroatoms. The molecular weight excluding hydrogens is 530 g/mol. The number of hydrogen-bond donors (Lipinski definition) is 0. The number of piperazine rings is 1. The van der Waals surface area contributed by atoms with Crippen LogP contribution in [0.5, 0.6) is 0 Å². The van der Waals surface area contributed by atoms with Crippen LogP contribution < -0.4 is 9.80 Å². The molecule has 0 aromatic carbocycles. The van der Waals surface area contributed by atoms with Gasteiger partial charge in [0.2, 0.25) is 11.9 Å². The first kappa shape index (κ1) is 29.9. The molecule has 0 radical (unpaired) electrons. The number of hydrogen-bond acceptors (Lipinski definition) is 12. The number of anilines is 2. The van der Waals surface area contributed by atoms with Gasteiger partial charge in [0, 0.05) is 50.2 Å². The molecule has 4 rings (SSSR count). The topological polar surface area (TPSA) is 140 Å². The van der Waals surface area contributed by atoms with E-state index in [0.29, 0.717) is 44.5 Å². The van der Waals surface area contributed by atoms with Crippen molar-refractivity contribution in [3.8, 4) is 0 Å². The van der Waals surface area contributed by atoms with Gasteiger partial charge in [0.15, 0.2) is 0 Å². The van der Waals surface area contributed by atoms with Crippen LogP contribution in [0, 0.1) is 5.92 Å². The zero-order valence-electron chi connectivity index (χ0n) is 24.6. The van der Waals surface area contributed by atoms with E-state index in [-0.39, 0.29) is 37.3 Å². The Hall–Kier alpha value is -4.03.